The van der Waals surface area contributed by atoms with E-state index in [1.54, 1.807) is 24.3 Å². The number of rotatable bonds is 2. The van der Waals surface area contributed by atoms with Crippen molar-refractivity contribution in [2.45, 2.75) is 19.9 Å². The summed E-state index contributed by atoms with van der Waals surface area (Å²) in [6.45, 7) is 3.90. The molecule has 14 heavy (non-hydrogen) atoms. The summed E-state index contributed by atoms with van der Waals surface area (Å²) in [4.78, 5) is 0. The third-order valence-corrected chi connectivity index (χ3v) is 1.76. The zero-order chi connectivity index (χ0) is 10.6. The van der Waals surface area contributed by atoms with Crippen LogP contribution >= 0.6 is 0 Å². The van der Waals surface area contributed by atoms with Crippen molar-refractivity contribution in [1.82, 2.24) is 5.32 Å². The SMILES string of the molecule is CC(C)NC(O)=c1ccc(=CO)cc1. The fourth-order valence-corrected chi connectivity index (χ4v) is 1.08. The molecule has 0 spiro atoms. The van der Waals surface area contributed by atoms with Crippen molar-refractivity contribution in [2.75, 3.05) is 0 Å². The fraction of sp³-hybridized carbons (Fsp3) is 0.273. The Hall–Kier alpha value is -1.64. The van der Waals surface area contributed by atoms with Gasteiger partial charge in [-0.15, -0.1) is 0 Å². The number of nitrogens with one attached hydrogen (secondary N) is 1. The van der Waals surface area contributed by atoms with Crippen molar-refractivity contribution in [3.05, 3.63) is 34.7 Å². The summed E-state index contributed by atoms with van der Waals surface area (Å²) >= 11 is 0. The third kappa shape index (κ3) is 2.69. The van der Waals surface area contributed by atoms with E-state index >= 15 is 0 Å². The zero-order valence-corrected chi connectivity index (χ0v) is 8.36. The second-order valence-corrected chi connectivity index (χ2v) is 3.40. The van der Waals surface area contributed by atoms with Crippen LogP contribution in [0.15, 0.2) is 24.3 Å². The molecule has 0 fully saturated rings. The minimum absolute atomic E-state index is 0.157. The van der Waals surface area contributed by atoms with Crippen LogP contribution in [-0.4, -0.2) is 16.3 Å². The van der Waals surface area contributed by atoms with Crippen molar-refractivity contribution in [1.29, 1.82) is 0 Å². The Morgan fingerprint density at radius 1 is 1.29 bits per heavy atom. The van der Waals surface area contributed by atoms with E-state index in [-0.39, 0.29) is 11.9 Å². The lowest BCUT2D eigenvalue weighted by atomic mass is 10.2. The third-order valence-electron chi connectivity index (χ3n) is 1.76. The summed E-state index contributed by atoms with van der Waals surface area (Å²) in [7, 11) is 0. The normalized spacial score (nSPS) is 9.93. The van der Waals surface area contributed by atoms with Crippen molar-refractivity contribution in [3.63, 3.8) is 0 Å². The van der Waals surface area contributed by atoms with E-state index in [1.165, 1.54) is 0 Å². The molecular formula is C11H15NO2. The molecule has 0 atom stereocenters. The van der Waals surface area contributed by atoms with Gasteiger partial charge in [-0.1, -0.05) is 12.1 Å². The Kier molecular flexibility index (Phi) is 3.40. The molecule has 3 N–H and O–H groups in total. The van der Waals surface area contributed by atoms with Crippen LogP contribution in [0.25, 0.3) is 12.1 Å². The second-order valence-electron chi connectivity index (χ2n) is 3.40. The highest BCUT2D eigenvalue weighted by Gasteiger charge is 1.95. The van der Waals surface area contributed by atoms with Gasteiger partial charge in [-0.25, -0.2) is 0 Å². The standard InChI is InChI=1S/C11H15NO2/c1-8(2)12-11(14)10-5-3-9(7-13)4-6-10/h3-8,12-14H,1-2H3. The topological polar surface area (TPSA) is 52.5 Å². The van der Waals surface area contributed by atoms with Gasteiger partial charge in [0, 0.05) is 16.5 Å². The molecule has 1 aromatic carbocycles. The summed E-state index contributed by atoms with van der Waals surface area (Å²) < 4.78 is 0. The fourth-order valence-electron chi connectivity index (χ4n) is 1.08. The van der Waals surface area contributed by atoms with E-state index < -0.39 is 0 Å². The quantitative estimate of drug-likeness (QED) is 0.645. The maximum Gasteiger partial charge on any atom is 0.191 e. The maximum absolute atomic E-state index is 9.59. The summed E-state index contributed by atoms with van der Waals surface area (Å²) in [5.41, 5.74) is 0. The summed E-state index contributed by atoms with van der Waals surface area (Å²) in [5, 5.41) is 22.6. The van der Waals surface area contributed by atoms with Crippen LogP contribution in [0.2, 0.25) is 0 Å². The predicted octanol–water partition coefficient (Wildman–Crippen LogP) is 0.604. The summed E-state index contributed by atoms with van der Waals surface area (Å²) in [5.74, 6) is 0.157. The van der Waals surface area contributed by atoms with Gasteiger partial charge in [0.05, 0.1) is 6.26 Å². The van der Waals surface area contributed by atoms with Crippen LogP contribution in [0.5, 0.6) is 0 Å². The van der Waals surface area contributed by atoms with Crippen molar-refractivity contribution < 1.29 is 10.2 Å². The molecule has 0 aliphatic heterocycles. The van der Waals surface area contributed by atoms with Crippen molar-refractivity contribution in [2.24, 2.45) is 0 Å². The Labute approximate surface area is 83.0 Å². The van der Waals surface area contributed by atoms with E-state index in [0.717, 1.165) is 6.26 Å². The molecule has 0 aromatic heterocycles. The molecular weight excluding hydrogens is 178 g/mol. The van der Waals surface area contributed by atoms with Crippen molar-refractivity contribution >= 4 is 12.1 Å². The van der Waals surface area contributed by atoms with Gasteiger partial charge < -0.3 is 15.5 Å². The van der Waals surface area contributed by atoms with Crippen LogP contribution in [0.1, 0.15) is 13.8 Å². The zero-order valence-electron chi connectivity index (χ0n) is 8.36. The Morgan fingerprint density at radius 3 is 2.29 bits per heavy atom. The van der Waals surface area contributed by atoms with Crippen LogP contribution in [0, 0.1) is 0 Å². The first-order valence-electron chi connectivity index (χ1n) is 4.54. The lowest BCUT2D eigenvalue weighted by molar-refractivity contribution is 0.442. The number of aliphatic hydroxyl groups is 2. The predicted molar refractivity (Wildman–Crippen MR) is 57.1 cm³/mol. The van der Waals surface area contributed by atoms with Crippen LogP contribution < -0.4 is 15.8 Å². The molecule has 0 saturated heterocycles. The van der Waals surface area contributed by atoms with Gasteiger partial charge in [0.15, 0.2) is 5.88 Å². The van der Waals surface area contributed by atoms with Crippen LogP contribution in [0.3, 0.4) is 0 Å². The Morgan fingerprint density at radius 2 is 1.86 bits per heavy atom. The number of hydrogen-bond donors (Lipinski definition) is 3. The van der Waals surface area contributed by atoms with E-state index in [2.05, 4.69) is 5.32 Å². The van der Waals surface area contributed by atoms with E-state index in [9.17, 15) is 5.11 Å². The molecule has 0 heterocycles. The summed E-state index contributed by atoms with van der Waals surface area (Å²) in [6.07, 6.45) is 1.02. The Balaban J connectivity index is 3.06. The molecule has 3 nitrogen and oxygen atoms in total. The molecule has 0 radical (unpaired) electrons. The van der Waals surface area contributed by atoms with Crippen LogP contribution in [-0.2, 0) is 0 Å². The van der Waals surface area contributed by atoms with Gasteiger partial charge in [-0.3, -0.25) is 0 Å². The molecule has 0 amide bonds. The molecule has 0 aliphatic carbocycles. The molecule has 1 aromatic rings. The first-order chi connectivity index (χ1) is 6.63. The van der Waals surface area contributed by atoms with Gasteiger partial charge in [0.2, 0.25) is 0 Å². The van der Waals surface area contributed by atoms with Gasteiger partial charge in [0.25, 0.3) is 0 Å². The first-order valence-corrected chi connectivity index (χ1v) is 4.54. The van der Waals surface area contributed by atoms with E-state index in [1.807, 2.05) is 13.8 Å². The minimum Gasteiger partial charge on any atom is -0.515 e. The maximum atomic E-state index is 9.59. The Bertz CT molecular complexity index is 386. The lowest BCUT2D eigenvalue weighted by Gasteiger charge is -2.07. The van der Waals surface area contributed by atoms with Gasteiger partial charge in [-0.05, 0) is 26.0 Å². The molecule has 76 valence electrons. The highest BCUT2D eigenvalue weighted by Crippen LogP contribution is 1.84. The van der Waals surface area contributed by atoms with Crippen molar-refractivity contribution in [3.8, 4) is 0 Å². The molecule has 0 unspecified atom stereocenters. The average Bonchev–Trinajstić information content (AvgIpc) is 2.17. The second kappa shape index (κ2) is 4.56. The van der Waals surface area contributed by atoms with E-state index in [4.69, 9.17) is 5.11 Å². The van der Waals surface area contributed by atoms with Gasteiger partial charge in [0.1, 0.15) is 0 Å². The molecule has 0 aliphatic rings. The lowest BCUT2D eigenvalue weighted by Crippen LogP contribution is -2.26. The van der Waals surface area contributed by atoms with E-state index in [0.29, 0.717) is 10.4 Å². The molecule has 1 rings (SSSR count). The number of aliphatic hydroxyl groups excluding tert-OH is 2. The highest BCUT2D eigenvalue weighted by molar-refractivity contribution is 5.33. The first kappa shape index (κ1) is 10.4. The minimum atomic E-state index is 0.157. The average molecular weight is 193 g/mol. The monoisotopic (exact) mass is 193 g/mol. The number of hydrogen-bond acceptors (Lipinski definition) is 3. The molecule has 0 bridgehead atoms. The number of benzene rings is 1. The summed E-state index contributed by atoms with van der Waals surface area (Å²) in [6, 6.07) is 7.14. The van der Waals surface area contributed by atoms with Gasteiger partial charge in [-0.2, -0.15) is 0 Å². The largest absolute Gasteiger partial charge is 0.515 e. The highest BCUT2D eigenvalue weighted by atomic mass is 16.3. The van der Waals surface area contributed by atoms with Gasteiger partial charge >= 0.3 is 0 Å². The molecule has 0 saturated carbocycles. The molecule has 3 heteroatoms. The smallest absolute Gasteiger partial charge is 0.191 e. The van der Waals surface area contributed by atoms with Crippen LogP contribution in [0.4, 0.5) is 0 Å².